The maximum absolute atomic E-state index is 12.8. The molecule has 0 aromatic heterocycles. The van der Waals surface area contributed by atoms with Crippen LogP contribution in [0.3, 0.4) is 0 Å². The molecule has 0 radical (unpaired) electrons. The predicted octanol–water partition coefficient (Wildman–Crippen LogP) is 4.01. The summed E-state index contributed by atoms with van der Waals surface area (Å²) in [4.78, 5) is 13.7. The highest BCUT2D eigenvalue weighted by atomic mass is 32.2. The number of likely N-dealkylation sites (tertiary alicyclic amines) is 1. The molecule has 2 rings (SSSR count). The van der Waals surface area contributed by atoms with Crippen LogP contribution < -0.4 is 0 Å². The standard InChI is InChI=1S/C21H31NO3S/c1-4-6-7-20(5-2)26(24,25)21-10-8-18(9-11-21)16-19-12-14-22(15-13-19)17(3)23/h5,8-11,19-20H,2,4,6-7,12-16H2,1,3H3. The van der Waals surface area contributed by atoms with Gasteiger partial charge in [-0.25, -0.2) is 8.42 Å². The highest BCUT2D eigenvalue weighted by Gasteiger charge is 2.25. The summed E-state index contributed by atoms with van der Waals surface area (Å²) in [6.07, 6.45) is 6.99. The van der Waals surface area contributed by atoms with Crippen LogP contribution in [0, 0.1) is 5.92 Å². The van der Waals surface area contributed by atoms with Gasteiger partial charge in [0.15, 0.2) is 9.84 Å². The largest absolute Gasteiger partial charge is 0.343 e. The van der Waals surface area contributed by atoms with Crippen LogP contribution in [-0.4, -0.2) is 37.6 Å². The first-order valence-corrected chi connectivity index (χ1v) is 11.1. The van der Waals surface area contributed by atoms with Crippen LogP contribution in [0.25, 0.3) is 0 Å². The first kappa shape index (κ1) is 20.7. The van der Waals surface area contributed by atoms with Gasteiger partial charge in [-0.1, -0.05) is 38.0 Å². The van der Waals surface area contributed by atoms with Crippen molar-refractivity contribution in [2.75, 3.05) is 13.1 Å². The second kappa shape index (κ2) is 9.36. The molecule has 4 nitrogen and oxygen atoms in total. The zero-order valence-corrected chi connectivity index (χ0v) is 16.8. The molecule has 1 saturated heterocycles. The van der Waals surface area contributed by atoms with Crippen LogP contribution in [0.2, 0.25) is 0 Å². The minimum atomic E-state index is -3.35. The summed E-state index contributed by atoms with van der Waals surface area (Å²) in [5.74, 6) is 0.705. The second-order valence-corrected chi connectivity index (χ2v) is 9.43. The van der Waals surface area contributed by atoms with E-state index in [0.29, 0.717) is 17.2 Å². The first-order valence-electron chi connectivity index (χ1n) is 9.59. The fourth-order valence-corrected chi connectivity index (χ4v) is 5.18. The number of amides is 1. The van der Waals surface area contributed by atoms with E-state index >= 15 is 0 Å². The van der Waals surface area contributed by atoms with Crippen LogP contribution in [0.5, 0.6) is 0 Å². The summed E-state index contributed by atoms with van der Waals surface area (Å²) in [5.41, 5.74) is 1.16. The van der Waals surface area contributed by atoms with Crippen LogP contribution >= 0.6 is 0 Å². The van der Waals surface area contributed by atoms with Gasteiger partial charge in [0.2, 0.25) is 5.91 Å². The van der Waals surface area contributed by atoms with Crippen molar-refractivity contribution in [1.29, 1.82) is 0 Å². The number of hydrogen-bond donors (Lipinski definition) is 0. The van der Waals surface area contributed by atoms with E-state index in [1.54, 1.807) is 25.1 Å². The Morgan fingerprint density at radius 2 is 1.88 bits per heavy atom. The predicted molar refractivity (Wildman–Crippen MR) is 106 cm³/mol. The number of rotatable bonds is 8. The normalized spacial score (nSPS) is 17.1. The van der Waals surface area contributed by atoms with Gasteiger partial charge >= 0.3 is 0 Å². The summed E-state index contributed by atoms with van der Waals surface area (Å²) < 4.78 is 25.5. The van der Waals surface area contributed by atoms with Gasteiger partial charge in [-0.05, 0) is 49.3 Å². The third kappa shape index (κ3) is 5.19. The maximum atomic E-state index is 12.8. The van der Waals surface area contributed by atoms with Gasteiger partial charge in [0.1, 0.15) is 0 Å². The summed E-state index contributed by atoms with van der Waals surface area (Å²) in [5, 5.41) is -0.510. The monoisotopic (exact) mass is 377 g/mol. The minimum absolute atomic E-state index is 0.151. The van der Waals surface area contributed by atoms with Gasteiger partial charge < -0.3 is 4.90 Å². The van der Waals surface area contributed by atoms with Gasteiger partial charge in [0, 0.05) is 20.0 Å². The number of carbonyl (C=O) groups excluding carboxylic acids is 1. The van der Waals surface area contributed by atoms with Gasteiger partial charge in [-0.2, -0.15) is 0 Å². The van der Waals surface area contributed by atoms with E-state index in [2.05, 4.69) is 13.5 Å². The van der Waals surface area contributed by atoms with E-state index in [9.17, 15) is 13.2 Å². The molecule has 1 aromatic carbocycles. The molecule has 5 heteroatoms. The van der Waals surface area contributed by atoms with Crippen molar-refractivity contribution < 1.29 is 13.2 Å². The molecule has 0 spiro atoms. The molecule has 1 aliphatic rings. The molecule has 0 saturated carbocycles. The molecule has 1 atom stereocenters. The Balaban J connectivity index is 1.99. The fourth-order valence-electron chi connectivity index (χ4n) is 3.58. The van der Waals surface area contributed by atoms with Crippen LogP contribution in [0.15, 0.2) is 41.8 Å². The molecule has 0 bridgehead atoms. The van der Waals surface area contributed by atoms with Crippen LogP contribution in [0.1, 0.15) is 51.5 Å². The molecular weight excluding hydrogens is 346 g/mol. The summed E-state index contributed by atoms with van der Waals surface area (Å²) in [6, 6.07) is 7.34. The number of benzene rings is 1. The summed E-state index contributed by atoms with van der Waals surface area (Å²) in [6.45, 7) is 9.04. The van der Waals surface area contributed by atoms with E-state index in [1.165, 1.54) is 0 Å². The highest BCUT2D eigenvalue weighted by molar-refractivity contribution is 7.92. The Kier molecular flexibility index (Phi) is 7.44. The van der Waals surface area contributed by atoms with E-state index in [1.807, 2.05) is 17.0 Å². The zero-order valence-electron chi connectivity index (χ0n) is 16.0. The number of carbonyl (C=O) groups is 1. The molecule has 1 aliphatic heterocycles. The Morgan fingerprint density at radius 3 is 2.38 bits per heavy atom. The van der Waals surface area contributed by atoms with Crippen LogP contribution in [0.4, 0.5) is 0 Å². The molecule has 26 heavy (non-hydrogen) atoms. The van der Waals surface area contributed by atoms with E-state index in [4.69, 9.17) is 0 Å². The van der Waals surface area contributed by atoms with Gasteiger partial charge in [-0.3, -0.25) is 4.79 Å². The van der Waals surface area contributed by atoms with E-state index in [-0.39, 0.29) is 5.91 Å². The zero-order chi connectivity index (χ0) is 19.2. The van der Waals surface area contributed by atoms with Crippen LogP contribution in [-0.2, 0) is 21.1 Å². The molecule has 144 valence electrons. The Hall–Kier alpha value is -1.62. The van der Waals surface area contributed by atoms with Crippen molar-refractivity contribution in [2.24, 2.45) is 5.92 Å². The number of hydrogen-bond acceptors (Lipinski definition) is 3. The van der Waals surface area contributed by atoms with E-state index in [0.717, 1.165) is 50.8 Å². The Morgan fingerprint density at radius 1 is 1.27 bits per heavy atom. The van der Waals surface area contributed by atoms with E-state index < -0.39 is 15.1 Å². The van der Waals surface area contributed by atoms with Gasteiger partial charge in [0.05, 0.1) is 10.1 Å². The van der Waals surface area contributed by atoms with Crippen molar-refractivity contribution in [3.63, 3.8) is 0 Å². The van der Waals surface area contributed by atoms with Crippen molar-refractivity contribution in [3.8, 4) is 0 Å². The van der Waals surface area contributed by atoms with Crippen molar-refractivity contribution in [1.82, 2.24) is 4.90 Å². The number of sulfone groups is 1. The molecule has 1 unspecified atom stereocenters. The molecule has 1 heterocycles. The third-order valence-electron chi connectivity index (χ3n) is 5.34. The maximum Gasteiger partial charge on any atom is 0.219 e. The molecule has 1 fully saturated rings. The van der Waals surface area contributed by atoms with Crippen molar-refractivity contribution in [3.05, 3.63) is 42.5 Å². The molecular formula is C21H31NO3S. The fraction of sp³-hybridized carbons (Fsp3) is 0.571. The first-order chi connectivity index (χ1) is 12.4. The lowest BCUT2D eigenvalue weighted by Gasteiger charge is -2.31. The topological polar surface area (TPSA) is 54.5 Å². The van der Waals surface area contributed by atoms with Crippen molar-refractivity contribution >= 4 is 15.7 Å². The quantitative estimate of drug-likeness (QED) is 0.643. The highest BCUT2D eigenvalue weighted by Crippen LogP contribution is 2.25. The van der Waals surface area contributed by atoms with Gasteiger partial charge in [0.25, 0.3) is 0 Å². The Labute approximate surface area is 158 Å². The molecule has 1 aromatic rings. The SMILES string of the molecule is C=CC(CCCC)S(=O)(=O)c1ccc(CC2CCN(C(C)=O)CC2)cc1. The number of unbranched alkanes of at least 4 members (excludes halogenated alkanes) is 1. The minimum Gasteiger partial charge on any atom is -0.343 e. The molecule has 0 N–H and O–H groups in total. The number of piperidine rings is 1. The molecule has 1 amide bonds. The third-order valence-corrected chi connectivity index (χ3v) is 7.49. The second-order valence-electron chi connectivity index (χ2n) is 7.26. The summed E-state index contributed by atoms with van der Waals surface area (Å²) in [7, 11) is -3.35. The average Bonchev–Trinajstić information content (AvgIpc) is 2.63. The lowest BCUT2D eigenvalue weighted by atomic mass is 9.90. The Bertz CT molecular complexity index is 701. The lowest BCUT2D eigenvalue weighted by Crippen LogP contribution is -2.37. The lowest BCUT2D eigenvalue weighted by molar-refractivity contribution is -0.130. The van der Waals surface area contributed by atoms with Crippen molar-refractivity contribution in [2.45, 2.75) is 62.5 Å². The smallest absolute Gasteiger partial charge is 0.219 e. The molecule has 0 aliphatic carbocycles. The van der Waals surface area contributed by atoms with Gasteiger partial charge in [-0.15, -0.1) is 6.58 Å². The summed E-state index contributed by atoms with van der Waals surface area (Å²) >= 11 is 0. The average molecular weight is 378 g/mol. The number of nitrogens with zero attached hydrogens (tertiary/aromatic N) is 1.